The predicted octanol–water partition coefficient (Wildman–Crippen LogP) is 4.04. The van der Waals surface area contributed by atoms with Crippen molar-refractivity contribution in [2.75, 3.05) is 7.11 Å². The van der Waals surface area contributed by atoms with Crippen LogP contribution in [0.1, 0.15) is 22.3 Å². The maximum absolute atomic E-state index is 9.45. The second kappa shape index (κ2) is 6.83. The highest BCUT2D eigenvalue weighted by Crippen LogP contribution is 2.35. The van der Waals surface area contributed by atoms with Gasteiger partial charge in [-0.1, -0.05) is 40.9 Å². The summed E-state index contributed by atoms with van der Waals surface area (Å²) in [6.45, 7) is 4.36. The minimum Gasteiger partial charge on any atom is -0.493 e. The Bertz CT molecular complexity index is 593. The fourth-order valence-electron chi connectivity index (χ4n) is 2.36. The minimum absolute atomic E-state index is 0.154. The summed E-state index contributed by atoms with van der Waals surface area (Å²) in [5, 5.41) is 9.96. The van der Waals surface area contributed by atoms with Gasteiger partial charge in [-0.05, 0) is 25.5 Å². The van der Waals surface area contributed by atoms with E-state index in [0.717, 1.165) is 5.56 Å². The molecule has 0 fully saturated rings. The smallest absolute Gasteiger partial charge is 0.167 e. The molecular weight excluding hydrogens is 288 g/mol. The van der Waals surface area contributed by atoms with Gasteiger partial charge in [0.05, 0.1) is 13.7 Å². The van der Waals surface area contributed by atoms with Crippen LogP contribution in [0.2, 0.25) is 5.02 Å². The third kappa shape index (κ3) is 3.90. The quantitative estimate of drug-likeness (QED) is 0.906. The molecule has 1 N–H and O–H groups in total. The van der Waals surface area contributed by atoms with Gasteiger partial charge in [0, 0.05) is 16.7 Å². The van der Waals surface area contributed by atoms with Crippen LogP contribution in [0.3, 0.4) is 0 Å². The zero-order chi connectivity index (χ0) is 15.4. The van der Waals surface area contributed by atoms with E-state index in [1.54, 1.807) is 19.2 Å². The van der Waals surface area contributed by atoms with Gasteiger partial charge < -0.3 is 14.6 Å². The fraction of sp³-hybridized carbons (Fsp3) is 0.294. The molecule has 2 aromatic rings. The van der Waals surface area contributed by atoms with Crippen LogP contribution in [-0.2, 0) is 13.2 Å². The van der Waals surface area contributed by atoms with E-state index in [1.165, 1.54) is 11.1 Å². The molecule has 2 aromatic carbocycles. The lowest BCUT2D eigenvalue weighted by Gasteiger charge is -2.15. The SMILES string of the molecule is COc1cc(Cl)cc(CO)c1OCc1cc(C)cc(C)c1. The van der Waals surface area contributed by atoms with Crippen LogP contribution in [0, 0.1) is 13.8 Å². The van der Waals surface area contributed by atoms with Crippen molar-refractivity contribution >= 4 is 11.6 Å². The monoisotopic (exact) mass is 306 g/mol. The van der Waals surface area contributed by atoms with Crippen molar-refractivity contribution in [1.82, 2.24) is 0 Å². The maximum atomic E-state index is 9.45. The number of hydrogen-bond acceptors (Lipinski definition) is 3. The summed E-state index contributed by atoms with van der Waals surface area (Å²) < 4.78 is 11.1. The molecule has 4 heteroatoms. The Balaban J connectivity index is 2.26. The molecule has 0 aliphatic carbocycles. The Morgan fingerprint density at radius 2 is 1.71 bits per heavy atom. The van der Waals surface area contributed by atoms with Gasteiger partial charge in [-0.15, -0.1) is 0 Å². The summed E-state index contributed by atoms with van der Waals surface area (Å²) in [5.41, 5.74) is 4.08. The van der Waals surface area contributed by atoms with Gasteiger partial charge >= 0.3 is 0 Å². The van der Waals surface area contributed by atoms with E-state index in [4.69, 9.17) is 21.1 Å². The molecule has 3 nitrogen and oxygen atoms in total. The molecule has 0 heterocycles. The van der Waals surface area contributed by atoms with Crippen molar-refractivity contribution in [1.29, 1.82) is 0 Å². The number of aliphatic hydroxyl groups excluding tert-OH is 1. The van der Waals surface area contributed by atoms with E-state index in [-0.39, 0.29) is 6.61 Å². The third-order valence-electron chi connectivity index (χ3n) is 3.15. The third-order valence-corrected chi connectivity index (χ3v) is 3.37. The minimum atomic E-state index is -0.154. The Kier molecular flexibility index (Phi) is 5.10. The largest absolute Gasteiger partial charge is 0.493 e. The lowest BCUT2D eigenvalue weighted by atomic mass is 10.1. The summed E-state index contributed by atoms with van der Waals surface area (Å²) in [6, 6.07) is 9.63. The summed E-state index contributed by atoms with van der Waals surface area (Å²) in [7, 11) is 1.55. The zero-order valence-corrected chi connectivity index (χ0v) is 13.2. The van der Waals surface area contributed by atoms with Crippen molar-refractivity contribution in [3.8, 4) is 11.5 Å². The van der Waals surface area contributed by atoms with Crippen LogP contribution < -0.4 is 9.47 Å². The van der Waals surface area contributed by atoms with Gasteiger partial charge in [0.1, 0.15) is 6.61 Å². The van der Waals surface area contributed by atoms with Gasteiger partial charge in [0.2, 0.25) is 0 Å². The highest BCUT2D eigenvalue weighted by atomic mass is 35.5. The molecule has 21 heavy (non-hydrogen) atoms. The van der Waals surface area contributed by atoms with E-state index in [0.29, 0.717) is 28.7 Å². The Hall–Kier alpha value is -1.71. The Morgan fingerprint density at radius 3 is 2.29 bits per heavy atom. The van der Waals surface area contributed by atoms with Crippen molar-refractivity contribution in [3.63, 3.8) is 0 Å². The van der Waals surface area contributed by atoms with E-state index < -0.39 is 0 Å². The van der Waals surface area contributed by atoms with Gasteiger partial charge in [-0.2, -0.15) is 0 Å². The molecule has 0 amide bonds. The maximum Gasteiger partial charge on any atom is 0.167 e. The van der Waals surface area contributed by atoms with Crippen molar-refractivity contribution in [2.24, 2.45) is 0 Å². The predicted molar refractivity (Wildman–Crippen MR) is 84.2 cm³/mol. The topological polar surface area (TPSA) is 38.7 Å². The molecule has 0 radical (unpaired) electrons. The van der Waals surface area contributed by atoms with E-state index >= 15 is 0 Å². The molecule has 0 aliphatic rings. The number of halogens is 1. The average Bonchev–Trinajstić information content (AvgIpc) is 2.43. The van der Waals surface area contributed by atoms with Crippen LogP contribution in [0.25, 0.3) is 0 Å². The number of aryl methyl sites for hydroxylation is 2. The van der Waals surface area contributed by atoms with Gasteiger partial charge in [-0.3, -0.25) is 0 Å². The first kappa shape index (κ1) is 15.7. The second-order valence-electron chi connectivity index (χ2n) is 5.04. The number of hydrogen-bond donors (Lipinski definition) is 1. The number of aliphatic hydroxyl groups is 1. The summed E-state index contributed by atoms with van der Waals surface area (Å²) in [6.07, 6.45) is 0. The van der Waals surface area contributed by atoms with E-state index in [9.17, 15) is 5.11 Å². The van der Waals surface area contributed by atoms with Gasteiger partial charge in [0.15, 0.2) is 11.5 Å². The summed E-state index contributed by atoms with van der Waals surface area (Å²) in [4.78, 5) is 0. The molecular formula is C17H19ClO3. The first-order chi connectivity index (χ1) is 10.0. The molecule has 0 unspecified atom stereocenters. The van der Waals surface area contributed by atoms with Crippen molar-refractivity contribution in [3.05, 3.63) is 57.6 Å². The second-order valence-corrected chi connectivity index (χ2v) is 5.48. The highest BCUT2D eigenvalue weighted by molar-refractivity contribution is 6.30. The molecule has 112 valence electrons. The lowest BCUT2D eigenvalue weighted by Crippen LogP contribution is -2.02. The molecule has 0 saturated carbocycles. The number of ether oxygens (including phenoxy) is 2. The summed E-state index contributed by atoms with van der Waals surface area (Å²) in [5.74, 6) is 1.06. The van der Waals surface area contributed by atoms with Gasteiger partial charge in [0.25, 0.3) is 0 Å². The summed E-state index contributed by atoms with van der Waals surface area (Å²) >= 11 is 5.99. The number of benzene rings is 2. The number of methoxy groups -OCH3 is 1. The molecule has 0 spiro atoms. The van der Waals surface area contributed by atoms with E-state index in [2.05, 4.69) is 32.0 Å². The molecule has 0 atom stereocenters. The Labute approximate surface area is 130 Å². The molecule has 0 bridgehead atoms. The van der Waals surface area contributed by atoms with Crippen LogP contribution in [0.5, 0.6) is 11.5 Å². The standard InChI is InChI=1S/C17H19ClO3/c1-11-4-12(2)6-13(5-11)10-21-17-14(9-19)7-15(18)8-16(17)20-3/h4-8,19H,9-10H2,1-3H3. The zero-order valence-electron chi connectivity index (χ0n) is 12.4. The van der Waals surface area contributed by atoms with Crippen LogP contribution in [0.15, 0.2) is 30.3 Å². The Morgan fingerprint density at radius 1 is 1.05 bits per heavy atom. The first-order valence-electron chi connectivity index (χ1n) is 6.70. The highest BCUT2D eigenvalue weighted by Gasteiger charge is 2.12. The first-order valence-corrected chi connectivity index (χ1v) is 7.08. The van der Waals surface area contributed by atoms with Crippen molar-refractivity contribution in [2.45, 2.75) is 27.1 Å². The van der Waals surface area contributed by atoms with Gasteiger partial charge in [-0.25, -0.2) is 0 Å². The van der Waals surface area contributed by atoms with Crippen molar-refractivity contribution < 1.29 is 14.6 Å². The molecule has 0 aliphatic heterocycles. The van der Waals surface area contributed by atoms with Crippen LogP contribution >= 0.6 is 11.6 Å². The van der Waals surface area contributed by atoms with Crippen LogP contribution in [-0.4, -0.2) is 12.2 Å². The molecule has 0 aromatic heterocycles. The number of rotatable bonds is 5. The average molecular weight is 307 g/mol. The molecule has 0 saturated heterocycles. The van der Waals surface area contributed by atoms with Crippen LogP contribution in [0.4, 0.5) is 0 Å². The normalized spacial score (nSPS) is 10.5. The lowest BCUT2D eigenvalue weighted by molar-refractivity contribution is 0.250. The molecule has 2 rings (SSSR count). The van der Waals surface area contributed by atoms with E-state index in [1.807, 2.05) is 0 Å². The fourth-order valence-corrected chi connectivity index (χ4v) is 2.59.